The zero-order chi connectivity index (χ0) is 20.7. The third kappa shape index (κ3) is 3.70. The Bertz CT molecular complexity index is 853. The largest absolute Gasteiger partial charge is 0.333 e. The molecular weight excluding hydrogens is 380 g/mol. The van der Waals surface area contributed by atoms with Crippen LogP contribution in [0.3, 0.4) is 0 Å². The lowest BCUT2D eigenvalue weighted by molar-refractivity contribution is -0.139. The van der Waals surface area contributed by atoms with Crippen molar-refractivity contribution >= 4 is 11.8 Å². The Labute approximate surface area is 167 Å². The molecule has 2 N–H and O–H groups in total. The van der Waals surface area contributed by atoms with E-state index in [-0.39, 0.29) is 37.0 Å². The van der Waals surface area contributed by atoms with Gasteiger partial charge in [-0.25, -0.2) is 8.78 Å². The van der Waals surface area contributed by atoms with E-state index >= 15 is 0 Å². The first-order valence-corrected chi connectivity index (χ1v) is 9.82. The Balaban J connectivity index is 1.37. The van der Waals surface area contributed by atoms with Gasteiger partial charge in [-0.1, -0.05) is 0 Å². The first kappa shape index (κ1) is 19.7. The summed E-state index contributed by atoms with van der Waals surface area (Å²) in [4.78, 5) is 30.5. The number of carbonyl (C=O) groups excluding carboxylic acids is 2. The fraction of sp³-hybridized carbons (Fsp3) is 0.550. The molecule has 1 aromatic carbocycles. The summed E-state index contributed by atoms with van der Waals surface area (Å²) in [6.45, 7) is 1.51. The lowest BCUT2D eigenvalue weighted by Crippen LogP contribution is -2.56. The summed E-state index contributed by atoms with van der Waals surface area (Å²) < 4.78 is 26.9. The van der Waals surface area contributed by atoms with Gasteiger partial charge in [0.05, 0.1) is 18.2 Å². The van der Waals surface area contributed by atoms with E-state index in [2.05, 4.69) is 6.07 Å². The van der Waals surface area contributed by atoms with Crippen molar-refractivity contribution in [3.8, 4) is 6.07 Å². The minimum atomic E-state index is -0.790. The van der Waals surface area contributed by atoms with E-state index in [9.17, 15) is 18.4 Å². The number of benzene rings is 1. The van der Waals surface area contributed by atoms with Crippen LogP contribution >= 0.6 is 0 Å². The summed E-state index contributed by atoms with van der Waals surface area (Å²) in [5.74, 6) is -1.70. The number of hydrogen-bond acceptors (Lipinski definition) is 5. The zero-order valence-corrected chi connectivity index (χ0v) is 15.9. The van der Waals surface area contributed by atoms with Crippen LogP contribution in [0.4, 0.5) is 8.78 Å². The molecule has 4 rings (SSSR count). The van der Waals surface area contributed by atoms with Crippen molar-refractivity contribution in [3.05, 3.63) is 35.4 Å². The van der Waals surface area contributed by atoms with Crippen LogP contribution in [0.1, 0.15) is 24.8 Å². The van der Waals surface area contributed by atoms with Gasteiger partial charge in [0.1, 0.15) is 17.7 Å². The Morgan fingerprint density at radius 3 is 2.69 bits per heavy atom. The quantitative estimate of drug-likeness (QED) is 0.777. The number of nitrogens with two attached hydrogens (primary N) is 1. The van der Waals surface area contributed by atoms with Crippen molar-refractivity contribution in [1.29, 1.82) is 5.26 Å². The molecular formula is C20H23F2N5O2. The Morgan fingerprint density at radius 1 is 1.31 bits per heavy atom. The fourth-order valence-electron chi connectivity index (χ4n) is 4.75. The molecule has 0 radical (unpaired) electrons. The van der Waals surface area contributed by atoms with Gasteiger partial charge in [0.15, 0.2) is 0 Å². The highest BCUT2D eigenvalue weighted by atomic mass is 19.1. The van der Waals surface area contributed by atoms with Crippen LogP contribution in [0, 0.1) is 23.0 Å². The first-order valence-electron chi connectivity index (χ1n) is 9.82. The van der Waals surface area contributed by atoms with Crippen LogP contribution in [0.25, 0.3) is 0 Å². The topological polar surface area (TPSA) is 93.7 Å². The number of hydrogen-bond donors (Lipinski definition) is 1. The maximum atomic E-state index is 13.4. The molecule has 0 aliphatic carbocycles. The number of amides is 2. The number of halogens is 2. The number of nitriles is 1. The minimum absolute atomic E-state index is 0.0697. The SMILES string of the molecule is N#C[C@@H]1CCCN1C(=O)[C@@H](N)CN1CC2C[C@@H]1C(=O)N2Cc1cc(F)cc(F)c1. The van der Waals surface area contributed by atoms with Gasteiger partial charge in [-0.05, 0) is 37.0 Å². The van der Waals surface area contributed by atoms with Gasteiger partial charge in [-0.3, -0.25) is 14.5 Å². The Morgan fingerprint density at radius 2 is 2.03 bits per heavy atom. The van der Waals surface area contributed by atoms with Crippen molar-refractivity contribution in [1.82, 2.24) is 14.7 Å². The van der Waals surface area contributed by atoms with Gasteiger partial charge in [-0.2, -0.15) is 5.26 Å². The summed E-state index contributed by atoms with van der Waals surface area (Å²) in [7, 11) is 0. The molecule has 1 unspecified atom stereocenters. The Hall–Kier alpha value is -2.57. The molecule has 154 valence electrons. The van der Waals surface area contributed by atoms with Gasteiger partial charge in [0.25, 0.3) is 0 Å². The minimum Gasteiger partial charge on any atom is -0.333 e. The smallest absolute Gasteiger partial charge is 0.241 e. The van der Waals surface area contributed by atoms with Gasteiger partial charge in [0, 0.05) is 38.3 Å². The maximum Gasteiger partial charge on any atom is 0.241 e. The molecule has 1 aromatic rings. The molecule has 29 heavy (non-hydrogen) atoms. The number of likely N-dealkylation sites (tertiary alicyclic amines) is 3. The first-order chi connectivity index (χ1) is 13.9. The normalized spacial score (nSPS) is 27.5. The second-order valence-electron chi connectivity index (χ2n) is 8.03. The lowest BCUT2D eigenvalue weighted by atomic mass is 10.1. The number of carbonyl (C=O) groups is 2. The number of fused-ring (bicyclic) bond motifs is 2. The average Bonchev–Trinajstić information content (AvgIpc) is 3.36. The fourth-order valence-corrected chi connectivity index (χ4v) is 4.75. The highest BCUT2D eigenvalue weighted by Gasteiger charge is 2.50. The third-order valence-corrected chi connectivity index (χ3v) is 6.10. The van der Waals surface area contributed by atoms with Crippen molar-refractivity contribution in [2.45, 2.75) is 50.0 Å². The van der Waals surface area contributed by atoms with Crippen LogP contribution in [-0.2, 0) is 16.1 Å². The molecule has 3 aliphatic rings. The van der Waals surface area contributed by atoms with E-state index in [1.165, 1.54) is 17.0 Å². The molecule has 3 saturated heterocycles. The van der Waals surface area contributed by atoms with E-state index in [0.717, 1.165) is 12.5 Å². The van der Waals surface area contributed by atoms with Gasteiger partial charge >= 0.3 is 0 Å². The number of nitrogens with zero attached hydrogens (tertiary/aromatic N) is 4. The van der Waals surface area contributed by atoms with Crippen molar-refractivity contribution in [2.75, 3.05) is 19.6 Å². The van der Waals surface area contributed by atoms with Gasteiger partial charge < -0.3 is 15.5 Å². The third-order valence-electron chi connectivity index (χ3n) is 6.10. The van der Waals surface area contributed by atoms with E-state index in [4.69, 9.17) is 11.0 Å². The molecule has 0 saturated carbocycles. The van der Waals surface area contributed by atoms with E-state index in [1.54, 1.807) is 4.90 Å². The summed E-state index contributed by atoms with van der Waals surface area (Å²) in [6.07, 6.45) is 2.07. The van der Waals surface area contributed by atoms with Crippen molar-refractivity contribution in [2.24, 2.45) is 5.73 Å². The molecule has 4 atom stereocenters. The molecule has 9 heteroatoms. The summed E-state index contributed by atoms with van der Waals surface area (Å²) >= 11 is 0. The van der Waals surface area contributed by atoms with Gasteiger partial charge in [-0.15, -0.1) is 0 Å². The summed E-state index contributed by atoms with van der Waals surface area (Å²) in [5, 5.41) is 9.16. The second kappa shape index (κ2) is 7.69. The van der Waals surface area contributed by atoms with Gasteiger partial charge in [0.2, 0.25) is 11.8 Å². The van der Waals surface area contributed by atoms with E-state index < -0.39 is 23.7 Å². The number of piperazine rings is 1. The van der Waals surface area contributed by atoms with Crippen molar-refractivity contribution in [3.63, 3.8) is 0 Å². The van der Waals surface area contributed by atoms with E-state index in [1.807, 2.05) is 4.90 Å². The van der Waals surface area contributed by atoms with Crippen LogP contribution < -0.4 is 5.73 Å². The second-order valence-corrected chi connectivity index (χ2v) is 8.03. The molecule has 3 heterocycles. The highest BCUT2D eigenvalue weighted by Crippen LogP contribution is 2.33. The average molecular weight is 403 g/mol. The Kier molecular flexibility index (Phi) is 5.23. The summed E-state index contributed by atoms with van der Waals surface area (Å²) in [6, 6.07) is 3.75. The molecule has 0 spiro atoms. The van der Waals surface area contributed by atoms with Crippen LogP contribution in [-0.4, -0.2) is 70.3 Å². The van der Waals surface area contributed by atoms with Crippen LogP contribution in [0.5, 0.6) is 0 Å². The van der Waals surface area contributed by atoms with Crippen LogP contribution in [0.15, 0.2) is 18.2 Å². The molecule has 0 aromatic heterocycles. The standard InChI is InChI=1S/C20H23F2N5O2/c21-13-4-12(5-14(22)6-13)9-27-16-7-18(20(27)29)25(10-16)11-17(24)19(28)26-3-1-2-15(26)8-23/h4-6,15-18H,1-3,7,9-11,24H2/t15-,16?,17-,18+/m0/s1. The van der Waals surface area contributed by atoms with E-state index in [0.29, 0.717) is 31.5 Å². The maximum absolute atomic E-state index is 13.4. The van der Waals surface area contributed by atoms with Crippen LogP contribution in [0.2, 0.25) is 0 Å². The number of rotatable bonds is 5. The molecule has 3 fully saturated rings. The predicted molar refractivity (Wildman–Crippen MR) is 99.0 cm³/mol. The molecule has 2 amide bonds. The molecule has 3 aliphatic heterocycles. The monoisotopic (exact) mass is 403 g/mol. The predicted octanol–water partition coefficient (Wildman–Crippen LogP) is 0.592. The summed E-state index contributed by atoms with van der Waals surface area (Å²) in [5.41, 5.74) is 6.53. The highest BCUT2D eigenvalue weighted by molar-refractivity contribution is 5.86. The zero-order valence-electron chi connectivity index (χ0n) is 15.9. The van der Waals surface area contributed by atoms with Crippen molar-refractivity contribution < 1.29 is 18.4 Å². The molecule has 2 bridgehead atoms. The lowest BCUT2D eigenvalue weighted by Gasteiger charge is -2.35. The molecule has 7 nitrogen and oxygen atoms in total.